The number of carbonyl (C=O) groups is 3. The number of ether oxygens (including phenoxy) is 1. The second kappa shape index (κ2) is 8.70. The molecular formula is C19H15BrClFN2O4. The Kier molecular flexibility index (Phi) is 6.31. The minimum absolute atomic E-state index is 0.00123. The zero-order chi connectivity index (χ0) is 20.3. The van der Waals surface area contributed by atoms with E-state index in [-0.39, 0.29) is 24.6 Å². The molecule has 28 heavy (non-hydrogen) atoms. The van der Waals surface area contributed by atoms with Crippen LogP contribution in [0.5, 0.6) is 0 Å². The van der Waals surface area contributed by atoms with Crippen molar-refractivity contribution in [1.82, 2.24) is 0 Å². The van der Waals surface area contributed by atoms with Crippen molar-refractivity contribution in [2.75, 3.05) is 23.4 Å². The van der Waals surface area contributed by atoms with Crippen molar-refractivity contribution in [3.8, 4) is 0 Å². The Bertz CT molecular complexity index is 940. The summed E-state index contributed by atoms with van der Waals surface area (Å²) in [5.74, 6) is -2.94. The molecule has 0 saturated carbocycles. The van der Waals surface area contributed by atoms with E-state index in [0.29, 0.717) is 10.7 Å². The number of para-hydroxylation sites is 1. The number of hydrogen-bond acceptors (Lipinski definition) is 4. The van der Waals surface area contributed by atoms with Gasteiger partial charge in [0.1, 0.15) is 5.82 Å². The van der Waals surface area contributed by atoms with Crippen LogP contribution in [0.3, 0.4) is 0 Å². The van der Waals surface area contributed by atoms with Crippen molar-refractivity contribution >= 4 is 56.7 Å². The van der Waals surface area contributed by atoms with Gasteiger partial charge in [0, 0.05) is 17.4 Å². The zero-order valence-corrected chi connectivity index (χ0v) is 16.8. The van der Waals surface area contributed by atoms with Gasteiger partial charge >= 0.3 is 5.97 Å². The van der Waals surface area contributed by atoms with Crippen LogP contribution in [0.4, 0.5) is 15.8 Å². The van der Waals surface area contributed by atoms with Gasteiger partial charge in [-0.2, -0.15) is 0 Å². The van der Waals surface area contributed by atoms with Gasteiger partial charge in [-0.3, -0.25) is 14.4 Å². The van der Waals surface area contributed by atoms with E-state index in [1.807, 2.05) is 0 Å². The first kappa shape index (κ1) is 20.3. The lowest BCUT2D eigenvalue weighted by Gasteiger charge is -2.17. The van der Waals surface area contributed by atoms with Gasteiger partial charge < -0.3 is 15.0 Å². The highest BCUT2D eigenvalue weighted by molar-refractivity contribution is 9.10. The predicted octanol–water partition coefficient (Wildman–Crippen LogP) is 3.78. The van der Waals surface area contributed by atoms with Crippen molar-refractivity contribution in [3.63, 3.8) is 0 Å². The minimum Gasteiger partial charge on any atom is -0.455 e. The first-order chi connectivity index (χ1) is 13.3. The number of halogens is 3. The molecule has 0 bridgehead atoms. The van der Waals surface area contributed by atoms with Crippen LogP contribution < -0.4 is 10.2 Å². The number of esters is 1. The molecule has 2 aromatic rings. The third-order valence-electron chi connectivity index (χ3n) is 4.15. The number of amides is 2. The molecule has 3 rings (SSSR count). The summed E-state index contributed by atoms with van der Waals surface area (Å²) in [7, 11) is 0. The minimum atomic E-state index is -0.767. The fourth-order valence-electron chi connectivity index (χ4n) is 2.80. The Hall–Kier alpha value is -2.45. The lowest BCUT2D eigenvalue weighted by atomic mass is 10.1. The van der Waals surface area contributed by atoms with Crippen LogP contribution in [0.2, 0.25) is 5.02 Å². The van der Waals surface area contributed by atoms with Gasteiger partial charge in [0.2, 0.25) is 5.91 Å². The van der Waals surface area contributed by atoms with Gasteiger partial charge in [-0.05, 0) is 30.3 Å². The first-order valence-electron chi connectivity index (χ1n) is 8.31. The van der Waals surface area contributed by atoms with Gasteiger partial charge in [-0.15, -0.1) is 0 Å². The van der Waals surface area contributed by atoms with E-state index in [2.05, 4.69) is 21.2 Å². The first-order valence-corrected chi connectivity index (χ1v) is 9.48. The summed E-state index contributed by atoms with van der Waals surface area (Å²) in [4.78, 5) is 37.5. The van der Waals surface area contributed by atoms with E-state index in [0.717, 1.165) is 4.47 Å². The highest BCUT2D eigenvalue weighted by Crippen LogP contribution is 2.28. The van der Waals surface area contributed by atoms with Crippen molar-refractivity contribution in [1.29, 1.82) is 0 Å². The second-order valence-corrected chi connectivity index (χ2v) is 7.46. The van der Waals surface area contributed by atoms with Gasteiger partial charge in [0.25, 0.3) is 5.91 Å². The van der Waals surface area contributed by atoms with Crippen LogP contribution in [-0.2, 0) is 19.1 Å². The fourth-order valence-corrected chi connectivity index (χ4v) is 3.52. The maximum atomic E-state index is 13.9. The van der Waals surface area contributed by atoms with E-state index in [9.17, 15) is 18.8 Å². The third kappa shape index (κ3) is 4.69. The van der Waals surface area contributed by atoms with Crippen LogP contribution in [0, 0.1) is 11.7 Å². The van der Waals surface area contributed by atoms with Crippen molar-refractivity contribution in [2.24, 2.45) is 5.92 Å². The molecule has 0 aromatic heterocycles. The maximum Gasteiger partial charge on any atom is 0.311 e. The number of rotatable bonds is 5. The number of benzene rings is 2. The Morgan fingerprint density at radius 3 is 2.75 bits per heavy atom. The van der Waals surface area contributed by atoms with E-state index >= 15 is 0 Å². The van der Waals surface area contributed by atoms with Crippen LogP contribution in [0.15, 0.2) is 46.9 Å². The van der Waals surface area contributed by atoms with Crippen molar-refractivity contribution in [2.45, 2.75) is 6.42 Å². The molecule has 1 fully saturated rings. The lowest BCUT2D eigenvalue weighted by Crippen LogP contribution is -2.28. The highest BCUT2D eigenvalue weighted by atomic mass is 79.9. The molecular weight excluding hydrogens is 455 g/mol. The van der Waals surface area contributed by atoms with Gasteiger partial charge in [-0.1, -0.05) is 39.7 Å². The van der Waals surface area contributed by atoms with E-state index in [1.165, 1.54) is 23.1 Å². The summed E-state index contributed by atoms with van der Waals surface area (Å²) in [5.41, 5.74) is 0.498. The molecule has 0 radical (unpaired) electrons. The smallest absolute Gasteiger partial charge is 0.311 e. The average molecular weight is 470 g/mol. The SMILES string of the molecule is O=C(COC(=O)C1CC(=O)N(c2ccccc2F)C1)Nc1ccc(Br)cc1Cl. The van der Waals surface area contributed by atoms with E-state index in [1.54, 1.807) is 24.3 Å². The molecule has 1 unspecified atom stereocenters. The summed E-state index contributed by atoms with van der Waals surface area (Å²) in [6.07, 6.45) is -0.104. The molecule has 1 atom stereocenters. The number of nitrogens with zero attached hydrogens (tertiary/aromatic N) is 1. The molecule has 146 valence electrons. The normalized spacial score (nSPS) is 16.2. The van der Waals surface area contributed by atoms with Crippen molar-refractivity contribution < 1.29 is 23.5 Å². The summed E-state index contributed by atoms with van der Waals surface area (Å²) >= 11 is 9.28. The fraction of sp³-hybridized carbons (Fsp3) is 0.211. The molecule has 1 aliphatic heterocycles. The summed E-state index contributed by atoms with van der Waals surface area (Å²) in [6, 6.07) is 10.8. The number of anilines is 2. The number of carbonyl (C=O) groups excluding carboxylic acids is 3. The van der Waals surface area contributed by atoms with E-state index < -0.39 is 30.2 Å². The maximum absolute atomic E-state index is 13.9. The molecule has 2 aromatic carbocycles. The summed E-state index contributed by atoms with van der Waals surface area (Å²) in [5, 5.41) is 2.87. The average Bonchev–Trinajstić information content (AvgIpc) is 3.04. The van der Waals surface area contributed by atoms with Gasteiger partial charge in [0.05, 0.1) is 22.3 Å². The van der Waals surface area contributed by atoms with Crippen LogP contribution in [0.1, 0.15) is 6.42 Å². The predicted molar refractivity (Wildman–Crippen MR) is 106 cm³/mol. The Morgan fingerprint density at radius 1 is 1.29 bits per heavy atom. The molecule has 0 spiro atoms. The van der Waals surface area contributed by atoms with Crippen LogP contribution in [0.25, 0.3) is 0 Å². The second-order valence-electron chi connectivity index (χ2n) is 6.14. The molecule has 1 N–H and O–H groups in total. The molecule has 9 heteroatoms. The topological polar surface area (TPSA) is 75.7 Å². The largest absolute Gasteiger partial charge is 0.455 e. The Balaban J connectivity index is 1.54. The van der Waals surface area contributed by atoms with E-state index in [4.69, 9.17) is 16.3 Å². The van der Waals surface area contributed by atoms with Crippen LogP contribution in [-0.4, -0.2) is 30.9 Å². The molecule has 2 amide bonds. The van der Waals surface area contributed by atoms with Gasteiger partial charge in [0.15, 0.2) is 6.61 Å². The summed E-state index contributed by atoms with van der Waals surface area (Å²) < 4.78 is 19.7. The number of hydrogen-bond donors (Lipinski definition) is 1. The quantitative estimate of drug-likeness (QED) is 0.676. The highest BCUT2D eigenvalue weighted by Gasteiger charge is 2.37. The lowest BCUT2D eigenvalue weighted by molar-refractivity contribution is -0.151. The molecule has 0 aliphatic carbocycles. The number of nitrogens with one attached hydrogen (secondary N) is 1. The molecule has 1 aliphatic rings. The Morgan fingerprint density at radius 2 is 2.04 bits per heavy atom. The molecule has 1 saturated heterocycles. The monoisotopic (exact) mass is 468 g/mol. The standard InChI is InChI=1S/C19H15BrClFN2O4/c20-12-5-6-15(13(21)8-12)23-17(25)10-28-19(27)11-7-18(26)24(9-11)16-4-2-1-3-14(16)22/h1-6,8,11H,7,9-10H2,(H,23,25). The van der Waals surface area contributed by atoms with Crippen LogP contribution >= 0.6 is 27.5 Å². The van der Waals surface area contributed by atoms with Crippen molar-refractivity contribution in [3.05, 3.63) is 57.8 Å². The Labute approximate surface area is 173 Å². The molecule has 6 nitrogen and oxygen atoms in total. The van der Waals surface area contributed by atoms with Gasteiger partial charge in [-0.25, -0.2) is 4.39 Å². The summed E-state index contributed by atoms with van der Waals surface area (Å²) in [6.45, 7) is -0.519. The zero-order valence-electron chi connectivity index (χ0n) is 14.5. The third-order valence-corrected chi connectivity index (χ3v) is 4.96. The molecule has 1 heterocycles.